The van der Waals surface area contributed by atoms with Crippen molar-refractivity contribution in [2.45, 2.75) is 50.6 Å². The molecule has 4 saturated carbocycles. The van der Waals surface area contributed by atoms with Gasteiger partial charge in [-0.2, -0.15) is 5.10 Å². The molecule has 2 N–H and O–H groups in total. The second kappa shape index (κ2) is 4.48. The number of rotatable bonds is 4. The molecule has 0 atom stereocenters. The van der Waals surface area contributed by atoms with Crippen LogP contribution in [-0.2, 0) is 6.54 Å². The van der Waals surface area contributed by atoms with Crippen LogP contribution in [0.15, 0.2) is 12.4 Å². The van der Waals surface area contributed by atoms with Gasteiger partial charge in [-0.15, -0.1) is 0 Å². The predicted molar refractivity (Wildman–Crippen MR) is 80.2 cm³/mol. The van der Waals surface area contributed by atoms with E-state index in [9.17, 15) is 0 Å². The van der Waals surface area contributed by atoms with E-state index in [1.54, 1.807) is 6.20 Å². The summed E-state index contributed by atoms with van der Waals surface area (Å²) in [6, 6.07) is 0. The maximum absolute atomic E-state index is 5.73. The lowest BCUT2D eigenvalue weighted by Crippen LogP contribution is -2.59. The van der Waals surface area contributed by atoms with E-state index < -0.39 is 0 Å². The van der Waals surface area contributed by atoms with Gasteiger partial charge in [0.1, 0.15) is 0 Å². The molecule has 0 amide bonds. The Labute approximate surface area is 121 Å². The van der Waals surface area contributed by atoms with Crippen LogP contribution >= 0.6 is 0 Å². The summed E-state index contributed by atoms with van der Waals surface area (Å²) in [5, 5.41) is 4.30. The maximum Gasteiger partial charge on any atom is 0.0719 e. The average Bonchev–Trinajstić information content (AvgIpc) is 2.80. The van der Waals surface area contributed by atoms with Crippen LogP contribution in [0.5, 0.6) is 0 Å². The minimum atomic E-state index is 0.507. The number of nitrogen functional groups attached to an aromatic ring is 1. The Hall–Kier alpha value is -1.03. The Morgan fingerprint density at radius 3 is 2.35 bits per heavy atom. The third-order valence-corrected chi connectivity index (χ3v) is 6.13. The summed E-state index contributed by atoms with van der Waals surface area (Å²) in [6.45, 7) is 2.04. The molecule has 0 radical (unpaired) electrons. The SMILES string of the molecule is CN(CCn1cc(N)cn1)C12CC3CC(CC(C3)C1)C2. The highest BCUT2D eigenvalue weighted by Crippen LogP contribution is 2.57. The first-order valence-corrected chi connectivity index (χ1v) is 8.12. The van der Waals surface area contributed by atoms with Crippen LogP contribution < -0.4 is 5.73 Å². The van der Waals surface area contributed by atoms with Crippen molar-refractivity contribution < 1.29 is 0 Å². The van der Waals surface area contributed by atoms with Crippen molar-refractivity contribution in [3.63, 3.8) is 0 Å². The zero-order chi connectivity index (χ0) is 13.7. The molecule has 4 aliphatic rings. The molecular weight excluding hydrogens is 248 g/mol. The van der Waals surface area contributed by atoms with Crippen molar-refractivity contribution in [3.05, 3.63) is 12.4 Å². The Morgan fingerprint density at radius 1 is 1.25 bits per heavy atom. The molecule has 5 rings (SSSR count). The summed E-state index contributed by atoms with van der Waals surface area (Å²) in [6.07, 6.45) is 12.6. The lowest BCUT2D eigenvalue weighted by Gasteiger charge is -2.60. The number of aromatic nitrogens is 2. The smallest absolute Gasteiger partial charge is 0.0719 e. The molecule has 4 heteroatoms. The second-order valence-corrected chi connectivity index (χ2v) is 7.60. The first-order chi connectivity index (χ1) is 9.63. The molecule has 1 aromatic rings. The predicted octanol–water partition coefficient (Wildman–Crippen LogP) is 2.37. The van der Waals surface area contributed by atoms with Gasteiger partial charge in [-0.3, -0.25) is 9.58 Å². The fourth-order valence-electron chi connectivity index (χ4n) is 5.52. The molecule has 0 aromatic carbocycles. The lowest BCUT2D eigenvalue weighted by atomic mass is 9.52. The molecule has 1 heterocycles. The molecule has 110 valence electrons. The molecule has 0 aliphatic heterocycles. The zero-order valence-electron chi connectivity index (χ0n) is 12.5. The average molecular weight is 274 g/mol. The highest BCUT2D eigenvalue weighted by atomic mass is 15.3. The summed E-state index contributed by atoms with van der Waals surface area (Å²) in [7, 11) is 2.33. The van der Waals surface area contributed by atoms with Crippen LogP contribution in [-0.4, -0.2) is 33.8 Å². The van der Waals surface area contributed by atoms with Gasteiger partial charge >= 0.3 is 0 Å². The lowest BCUT2D eigenvalue weighted by molar-refractivity contribution is -0.0799. The molecule has 4 fully saturated rings. The largest absolute Gasteiger partial charge is 0.396 e. The molecule has 0 unspecified atom stereocenters. The van der Waals surface area contributed by atoms with Crippen molar-refractivity contribution in [2.24, 2.45) is 17.8 Å². The van der Waals surface area contributed by atoms with E-state index >= 15 is 0 Å². The Kier molecular flexibility index (Phi) is 2.85. The third kappa shape index (κ3) is 2.05. The van der Waals surface area contributed by atoms with E-state index in [2.05, 4.69) is 17.0 Å². The van der Waals surface area contributed by atoms with E-state index in [1.165, 1.54) is 38.5 Å². The molecule has 4 bridgehead atoms. The van der Waals surface area contributed by atoms with Crippen molar-refractivity contribution in [1.29, 1.82) is 0 Å². The normalized spacial score (nSPS) is 38.8. The Balaban J connectivity index is 1.44. The number of nitrogens with two attached hydrogens (primary N) is 1. The highest BCUT2D eigenvalue weighted by Gasteiger charge is 2.52. The highest BCUT2D eigenvalue weighted by molar-refractivity contribution is 5.30. The Bertz CT molecular complexity index is 457. The molecule has 0 spiro atoms. The standard InChI is InChI=1S/C16H26N4/c1-19(2-3-20-11-15(17)10-18-20)16-7-12-4-13(8-16)6-14(5-12)9-16/h10-14H,2-9,17H2,1H3. The minimum Gasteiger partial charge on any atom is -0.396 e. The summed E-state index contributed by atoms with van der Waals surface area (Å²) in [4.78, 5) is 2.65. The van der Waals surface area contributed by atoms with Gasteiger partial charge in [-0.05, 0) is 63.3 Å². The first-order valence-electron chi connectivity index (χ1n) is 8.12. The van der Waals surface area contributed by atoms with Gasteiger partial charge in [0.05, 0.1) is 18.4 Å². The van der Waals surface area contributed by atoms with Crippen LogP contribution in [0, 0.1) is 17.8 Å². The first kappa shape index (κ1) is 12.7. The van der Waals surface area contributed by atoms with Gasteiger partial charge in [0, 0.05) is 18.3 Å². The van der Waals surface area contributed by atoms with Gasteiger partial charge in [-0.25, -0.2) is 0 Å². The fourth-order valence-corrected chi connectivity index (χ4v) is 5.52. The number of hydrogen-bond donors (Lipinski definition) is 1. The van der Waals surface area contributed by atoms with Crippen LogP contribution in [0.25, 0.3) is 0 Å². The van der Waals surface area contributed by atoms with E-state index in [-0.39, 0.29) is 0 Å². The van der Waals surface area contributed by atoms with Crippen molar-refractivity contribution in [3.8, 4) is 0 Å². The molecule has 0 saturated heterocycles. The van der Waals surface area contributed by atoms with E-state index in [0.717, 1.165) is 36.5 Å². The number of likely N-dealkylation sites (N-methyl/N-ethyl adjacent to an activating group) is 1. The van der Waals surface area contributed by atoms with E-state index in [0.29, 0.717) is 5.54 Å². The van der Waals surface area contributed by atoms with Gasteiger partial charge in [-0.1, -0.05) is 0 Å². The van der Waals surface area contributed by atoms with Gasteiger partial charge < -0.3 is 5.73 Å². The third-order valence-electron chi connectivity index (χ3n) is 6.13. The van der Waals surface area contributed by atoms with E-state index in [4.69, 9.17) is 5.73 Å². The number of nitrogens with zero attached hydrogens (tertiary/aromatic N) is 3. The maximum atomic E-state index is 5.73. The summed E-state index contributed by atoms with van der Waals surface area (Å²) >= 11 is 0. The zero-order valence-corrected chi connectivity index (χ0v) is 12.5. The van der Waals surface area contributed by atoms with Crippen molar-refractivity contribution in [2.75, 3.05) is 19.3 Å². The summed E-state index contributed by atoms with van der Waals surface area (Å²) in [5.74, 6) is 3.05. The molecule has 4 aliphatic carbocycles. The van der Waals surface area contributed by atoms with Gasteiger partial charge in [0.25, 0.3) is 0 Å². The minimum absolute atomic E-state index is 0.507. The fraction of sp³-hybridized carbons (Fsp3) is 0.812. The van der Waals surface area contributed by atoms with Crippen LogP contribution in [0.1, 0.15) is 38.5 Å². The summed E-state index contributed by atoms with van der Waals surface area (Å²) < 4.78 is 1.98. The molecule has 1 aromatic heterocycles. The molecule has 20 heavy (non-hydrogen) atoms. The Morgan fingerprint density at radius 2 is 1.85 bits per heavy atom. The van der Waals surface area contributed by atoms with Crippen LogP contribution in [0.3, 0.4) is 0 Å². The van der Waals surface area contributed by atoms with Crippen LogP contribution in [0.4, 0.5) is 5.69 Å². The van der Waals surface area contributed by atoms with E-state index in [1.807, 2.05) is 10.9 Å². The monoisotopic (exact) mass is 274 g/mol. The molecule has 4 nitrogen and oxygen atoms in total. The topological polar surface area (TPSA) is 47.1 Å². The molecular formula is C16H26N4. The van der Waals surface area contributed by atoms with Crippen molar-refractivity contribution >= 4 is 5.69 Å². The van der Waals surface area contributed by atoms with Gasteiger partial charge in [0.2, 0.25) is 0 Å². The number of anilines is 1. The summed E-state index contributed by atoms with van der Waals surface area (Å²) in [5.41, 5.74) is 7.01. The van der Waals surface area contributed by atoms with Gasteiger partial charge in [0.15, 0.2) is 0 Å². The second-order valence-electron chi connectivity index (χ2n) is 7.60. The van der Waals surface area contributed by atoms with Crippen LogP contribution in [0.2, 0.25) is 0 Å². The number of hydrogen-bond acceptors (Lipinski definition) is 3. The quantitative estimate of drug-likeness (QED) is 0.917. The van der Waals surface area contributed by atoms with Crippen molar-refractivity contribution in [1.82, 2.24) is 14.7 Å².